The summed E-state index contributed by atoms with van der Waals surface area (Å²) >= 11 is 1.69. The number of nitrogens with one attached hydrogen (secondary N) is 3. The Morgan fingerprint density at radius 3 is 2.57 bits per heavy atom. The average Bonchev–Trinajstić information content (AvgIpc) is 2.88. The maximum absolute atomic E-state index is 10.8. The van der Waals surface area contributed by atoms with Gasteiger partial charge in [0.2, 0.25) is 5.91 Å². The van der Waals surface area contributed by atoms with Crippen molar-refractivity contribution in [1.82, 2.24) is 20.9 Å². The van der Waals surface area contributed by atoms with Crippen LogP contribution in [0.1, 0.15) is 30.7 Å². The highest BCUT2D eigenvalue weighted by Gasteiger charge is 2.01. The van der Waals surface area contributed by atoms with Gasteiger partial charge in [-0.3, -0.25) is 4.79 Å². The normalized spacial score (nSPS) is 10.7. The summed E-state index contributed by atoms with van der Waals surface area (Å²) in [5.74, 6) is 0.717. The van der Waals surface area contributed by atoms with Crippen LogP contribution >= 0.6 is 35.3 Å². The average molecular weight is 425 g/mol. The first-order valence-corrected chi connectivity index (χ1v) is 7.67. The van der Waals surface area contributed by atoms with Gasteiger partial charge in [0.25, 0.3) is 0 Å². The van der Waals surface area contributed by atoms with E-state index < -0.39 is 0 Å². The molecular formula is C13H24IN5OS. The molecule has 0 atom stereocenters. The summed E-state index contributed by atoms with van der Waals surface area (Å²) < 4.78 is 0. The number of amides is 1. The zero-order valence-electron chi connectivity index (χ0n) is 12.7. The fraction of sp³-hybridized carbons (Fsp3) is 0.615. The lowest BCUT2D eigenvalue weighted by atomic mass is 10.4. The number of aromatic nitrogens is 1. The van der Waals surface area contributed by atoms with Gasteiger partial charge in [-0.1, -0.05) is 6.92 Å². The van der Waals surface area contributed by atoms with Crippen LogP contribution in [-0.4, -0.2) is 36.5 Å². The van der Waals surface area contributed by atoms with Crippen molar-refractivity contribution in [2.45, 2.75) is 33.7 Å². The zero-order valence-corrected chi connectivity index (χ0v) is 15.9. The summed E-state index contributed by atoms with van der Waals surface area (Å²) in [6.07, 6.45) is 2.92. The molecule has 1 aromatic heterocycles. The number of halogens is 1. The molecule has 0 saturated heterocycles. The first-order valence-electron chi connectivity index (χ1n) is 6.85. The van der Waals surface area contributed by atoms with Crippen LogP contribution in [0.5, 0.6) is 0 Å². The van der Waals surface area contributed by atoms with Gasteiger partial charge in [0.15, 0.2) is 5.96 Å². The van der Waals surface area contributed by atoms with Crippen molar-refractivity contribution in [2.75, 3.05) is 19.6 Å². The second kappa shape index (κ2) is 11.7. The fourth-order valence-corrected chi connectivity index (χ4v) is 2.28. The number of rotatable bonds is 7. The predicted octanol–water partition coefficient (Wildman–Crippen LogP) is 1.51. The van der Waals surface area contributed by atoms with E-state index in [1.54, 1.807) is 11.3 Å². The molecule has 1 rings (SSSR count). The Hall–Kier alpha value is -0.900. The molecule has 0 bridgehead atoms. The Morgan fingerprint density at radius 1 is 1.29 bits per heavy atom. The van der Waals surface area contributed by atoms with Crippen LogP contribution in [0.25, 0.3) is 0 Å². The molecule has 8 heteroatoms. The molecule has 0 saturated carbocycles. The molecule has 0 unspecified atom stereocenters. The van der Waals surface area contributed by atoms with Crippen LogP contribution in [0.4, 0.5) is 0 Å². The van der Waals surface area contributed by atoms with Gasteiger partial charge < -0.3 is 16.0 Å². The Morgan fingerprint density at radius 2 is 2.00 bits per heavy atom. The molecule has 0 aromatic carbocycles. The number of nitrogens with zero attached hydrogens (tertiary/aromatic N) is 2. The highest BCUT2D eigenvalue weighted by Crippen LogP contribution is 2.13. The number of aliphatic imine (C=N–C) groups is 1. The van der Waals surface area contributed by atoms with E-state index >= 15 is 0 Å². The van der Waals surface area contributed by atoms with Gasteiger partial charge in [-0.25, -0.2) is 9.98 Å². The summed E-state index contributed by atoms with van der Waals surface area (Å²) in [4.78, 5) is 20.9. The Labute approximate surface area is 147 Å². The molecule has 0 aliphatic heterocycles. The van der Waals surface area contributed by atoms with Crippen LogP contribution in [0.2, 0.25) is 0 Å². The summed E-state index contributed by atoms with van der Waals surface area (Å²) in [6.45, 7) is 8.23. The monoisotopic (exact) mass is 425 g/mol. The minimum Gasteiger partial charge on any atom is -0.357 e. The van der Waals surface area contributed by atoms with Gasteiger partial charge in [-0.15, -0.1) is 35.3 Å². The second-order valence-electron chi connectivity index (χ2n) is 4.18. The lowest BCUT2D eigenvalue weighted by molar-refractivity contribution is -0.118. The minimum absolute atomic E-state index is 0. The van der Waals surface area contributed by atoms with E-state index in [1.165, 1.54) is 11.8 Å². The molecule has 0 spiro atoms. The van der Waals surface area contributed by atoms with E-state index in [-0.39, 0.29) is 29.9 Å². The molecule has 0 fully saturated rings. The zero-order chi connectivity index (χ0) is 14.8. The van der Waals surface area contributed by atoms with Crippen LogP contribution in [0, 0.1) is 0 Å². The van der Waals surface area contributed by atoms with E-state index in [0.29, 0.717) is 19.6 Å². The lowest BCUT2D eigenvalue weighted by Crippen LogP contribution is -2.41. The van der Waals surface area contributed by atoms with Gasteiger partial charge in [-0.2, -0.15) is 0 Å². The minimum atomic E-state index is -0.0244. The second-order valence-corrected chi connectivity index (χ2v) is 5.38. The van der Waals surface area contributed by atoms with Gasteiger partial charge in [0.05, 0.1) is 6.54 Å². The predicted molar refractivity (Wildman–Crippen MR) is 98.4 cm³/mol. The fourth-order valence-electron chi connectivity index (χ4n) is 1.49. The lowest BCUT2D eigenvalue weighted by Gasteiger charge is -2.10. The SMILES string of the molecule is CCNC(=NCc1ncc(CC)s1)NCCNC(C)=O.I. The summed E-state index contributed by atoms with van der Waals surface area (Å²) in [5, 5.41) is 10.1. The van der Waals surface area contributed by atoms with Gasteiger partial charge in [0, 0.05) is 37.6 Å². The molecule has 120 valence electrons. The smallest absolute Gasteiger partial charge is 0.216 e. The van der Waals surface area contributed by atoms with Gasteiger partial charge in [0.1, 0.15) is 5.01 Å². The third kappa shape index (κ3) is 8.86. The van der Waals surface area contributed by atoms with Gasteiger partial charge in [-0.05, 0) is 13.3 Å². The highest BCUT2D eigenvalue weighted by atomic mass is 127. The summed E-state index contributed by atoms with van der Waals surface area (Å²) in [6, 6.07) is 0. The summed E-state index contributed by atoms with van der Waals surface area (Å²) in [7, 11) is 0. The molecule has 1 aromatic rings. The largest absolute Gasteiger partial charge is 0.357 e. The quantitative estimate of drug-likeness (QED) is 0.268. The molecule has 21 heavy (non-hydrogen) atoms. The number of thiazole rings is 1. The molecule has 1 amide bonds. The maximum atomic E-state index is 10.8. The third-order valence-electron chi connectivity index (χ3n) is 2.46. The molecule has 0 aliphatic rings. The van der Waals surface area contributed by atoms with E-state index in [1.807, 2.05) is 13.1 Å². The molecule has 0 aliphatic carbocycles. The number of guanidine groups is 1. The standard InChI is InChI=1S/C13H23N5OS.HI/c1-4-11-8-17-12(20-11)9-18-13(14-5-2)16-7-6-15-10(3)19;/h8H,4-7,9H2,1-3H3,(H,15,19)(H2,14,16,18);1H. The van der Waals surface area contributed by atoms with E-state index in [2.05, 4.69) is 32.9 Å². The first-order chi connectivity index (χ1) is 9.65. The van der Waals surface area contributed by atoms with Crippen LogP contribution in [-0.2, 0) is 17.8 Å². The van der Waals surface area contributed by atoms with Crippen molar-refractivity contribution in [3.05, 3.63) is 16.1 Å². The van der Waals surface area contributed by atoms with Crippen molar-refractivity contribution >= 4 is 47.2 Å². The van der Waals surface area contributed by atoms with Crippen molar-refractivity contribution in [2.24, 2.45) is 4.99 Å². The van der Waals surface area contributed by atoms with Crippen LogP contribution in [0.3, 0.4) is 0 Å². The maximum Gasteiger partial charge on any atom is 0.216 e. The van der Waals surface area contributed by atoms with E-state index in [9.17, 15) is 4.79 Å². The van der Waals surface area contributed by atoms with Crippen molar-refractivity contribution in [3.8, 4) is 0 Å². The number of aryl methyl sites for hydroxylation is 1. The topological polar surface area (TPSA) is 78.4 Å². The number of hydrogen-bond acceptors (Lipinski definition) is 4. The molecule has 6 nitrogen and oxygen atoms in total. The van der Waals surface area contributed by atoms with E-state index in [0.717, 1.165) is 23.9 Å². The number of carbonyl (C=O) groups excluding carboxylic acids is 1. The first kappa shape index (κ1) is 20.1. The third-order valence-corrected chi connectivity index (χ3v) is 3.58. The van der Waals surface area contributed by atoms with Crippen LogP contribution < -0.4 is 16.0 Å². The number of carbonyl (C=O) groups is 1. The molecule has 0 radical (unpaired) electrons. The molecular weight excluding hydrogens is 401 g/mol. The van der Waals surface area contributed by atoms with E-state index in [4.69, 9.17) is 0 Å². The molecule has 3 N–H and O–H groups in total. The highest BCUT2D eigenvalue weighted by molar-refractivity contribution is 14.0. The van der Waals surface area contributed by atoms with Gasteiger partial charge >= 0.3 is 0 Å². The molecule has 1 heterocycles. The van der Waals surface area contributed by atoms with Crippen molar-refractivity contribution in [1.29, 1.82) is 0 Å². The Balaban J connectivity index is 0.00000400. The Bertz CT molecular complexity index is 450. The summed E-state index contributed by atoms with van der Waals surface area (Å²) in [5.41, 5.74) is 0. The van der Waals surface area contributed by atoms with Crippen molar-refractivity contribution in [3.63, 3.8) is 0 Å². The van der Waals surface area contributed by atoms with Crippen LogP contribution in [0.15, 0.2) is 11.2 Å². The van der Waals surface area contributed by atoms with Crippen molar-refractivity contribution < 1.29 is 4.79 Å². The Kier molecular flexibility index (Phi) is 11.2. The number of hydrogen-bond donors (Lipinski definition) is 3.